The molecule has 0 aromatic heterocycles. The van der Waals surface area contributed by atoms with E-state index in [0.717, 1.165) is 15.8 Å². The van der Waals surface area contributed by atoms with Crippen LogP contribution >= 0.6 is 27.7 Å². The van der Waals surface area contributed by atoms with Crippen molar-refractivity contribution in [2.45, 2.75) is 39.1 Å². The van der Waals surface area contributed by atoms with E-state index in [2.05, 4.69) is 47.2 Å². The zero-order valence-corrected chi connectivity index (χ0v) is 19.6. The fourth-order valence-corrected chi connectivity index (χ4v) is 3.87. The number of amides is 2. The normalized spacial score (nSPS) is 11.9. The lowest BCUT2D eigenvalue weighted by Gasteiger charge is -2.29. The van der Waals surface area contributed by atoms with Crippen molar-refractivity contribution in [3.8, 4) is 0 Å². The molecule has 0 heterocycles. The Hall–Kier alpha value is -1.79. The minimum Gasteiger partial charge on any atom is -0.354 e. The predicted molar refractivity (Wildman–Crippen MR) is 125 cm³/mol. The minimum absolute atomic E-state index is 0.0268. The topological polar surface area (TPSA) is 49.4 Å². The van der Waals surface area contributed by atoms with E-state index in [0.29, 0.717) is 24.8 Å². The second-order valence-corrected chi connectivity index (χ2v) is 9.34. The van der Waals surface area contributed by atoms with Gasteiger partial charge in [-0.05, 0) is 36.1 Å². The first kappa shape index (κ1) is 23.5. The van der Waals surface area contributed by atoms with E-state index in [1.54, 1.807) is 23.6 Å². The van der Waals surface area contributed by atoms with Gasteiger partial charge in [-0.15, -0.1) is 11.8 Å². The molecule has 0 aliphatic carbocycles. The van der Waals surface area contributed by atoms with Crippen LogP contribution in [0.1, 0.15) is 31.9 Å². The van der Waals surface area contributed by atoms with E-state index in [1.807, 2.05) is 42.5 Å². The zero-order chi connectivity index (χ0) is 21.2. The third-order valence-electron chi connectivity index (χ3n) is 4.46. The summed E-state index contributed by atoms with van der Waals surface area (Å²) in [7, 11) is 0. The summed E-state index contributed by atoms with van der Waals surface area (Å²) >= 11 is 5.01. The molecule has 2 rings (SSSR count). The molecule has 1 atom stereocenters. The quantitative estimate of drug-likeness (QED) is 0.531. The molecule has 1 unspecified atom stereocenters. The monoisotopic (exact) mass is 476 g/mol. The van der Waals surface area contributed by atoms with Gasteiger partial charge in [0.15, 0.2) is 0 Å². The molecule has 0 saturated heterocycles. The first-order chi connectivity index (χ1) is 13.9. The molecule has 0 spiro atoms. The molecule has 2 aromatic rings. The number of benzene rings is 2. The molecule has 0 bridgehead atoms. The molecule has 29 heavy (non-hydrogen) atoms. The summed E-state index contributed by atoms with van der Waals surface area (Å²) in [6.45, 7) is 6.92. The molecular weight excluding hydrogens is 448 g/mol. The third kappa shape index (κ3) is 8.23. The van der Waals surface area contributed by atoms with E-state index in [4.69, 9.17) is 0 Å². The van der Waals surface area contributed by atoms with Crippen LogP contribution in [0.3, 0.4) is 0 Å². The number of hydrogen-bond donors (Lipinski definition) is 1. The summed E-state index contributed by atoms with van der Waals surface area (Å²) in [5, 5.41) is 2.95. The van der Waals surface area contributed by atoms with Crippen molar-refractivity contribution in [2.24, 2.45) is 5.92 Å². The van der Waals surface area contributed by atoms with Gasteiger partial charge in [-0.3, -0.25) is 9.59 Å². The summed E-state index contributed by atoms with van der Waals surface area (Å²) in [5.41, 5.74) is 2.19. The highest BCUT2D eigenvalue weighted by atomic mass is 79.9. The highest BCUT2D eigenvalue weighted by Gasteiger charge is 2.26. The van der Waals surface area contributed by atoms with E-state index in [1.165, 1.54) is 5.56 Å². The smallest absolute Gasteiger partial charge is 0.242 e. The van der Waals surface area contributed by atoms with Gasteiger partial charge in [-0.2, -0.15) is 0 Å². The summed E-state index contributed by atoms with van der Waals surface area (Å²) < 4.78 is 0.986. The standard InChI is InChI=1S/C23H29BrN2O2S/c1-17(2)13-25-23(28)18(3)26(14-19-9-11-21(24)12-10-19)22(27)16-29-15-20-7-5-4-6-8-20/h4-12,17-18H,13-16H2,1-3H3,(H,25,28). The van der Waals surface area contributed by atoms with E-state index < -0.39 is 6.04 Å². The Morgan fingerprint density at radius 3 is 2.28 bits per heavy atom. The van der Waals surface area contributed by atoms with Gasteiger partial charge in [0.25, 0.3) is 0 Å². The number of hydrogen-bond acceptors (Lipinski definition) is 3. The molecule has 0 saturated carbocycles. The van der Waals surface area contributed by atoms with Crippen molar-refractivity contribution in [3.05, 3.63) is 70.2 Å². The molecule has 1 N–H and O–H groups in total. The highest BCUT2D eigenvalue weighted by molar-refractivity contribution is 9.10. The van der Waals surface area contributed by atoms with Crippen molar-refractivity contribution in [3.63, 3.8) is 0 Å². The molecule has 0 fully saturated rings. The minimum atomic E-state index is -0.526. The van der Waals surface area contributed by atoms with Crippen LogP contribution in [-0.2, 0) is 21.9 Å². The maximum Gasteiger partial charge on any atom is 0.242 e. The number of nitrogens with zero attached hydrogens (tertiary/aromatic N) is 1. The second kappa shape index (κ2) is 12.0. The highest BCUT2D eigenvalue weighted by Crippen LogP contribution is 2.17. The van der Waals surface area contributed by atoms with Crippen LogP contribution in [0.2, 0.25) is 0 Å². The van der Waals surface area contributed by atoms with Crippen LogP contribution in [-0.4, -0.2) is 35.1 Å². The Kier molecular flexibility index (Phi) is 9.74. The Labute approximate surface area is 186 Å². The lowest BCUT2D eigenvalue weighted by Crippen LogP contribution is -2.48. The number of thioether (sulfide) groups is 1. The molecule has 156 valence electrons. The average Bonchev–Trinajstić information content (AvgIpc) is 2.71. The van der Waals surface area contributed by atoms with E-state index >= 15 is 0 Å². The van der Waals surface area contributed by atoms with Crippen molar-refractivity contribution >= 4 is 39.5 Å². The Morgan fingerprint density at radius 2 is 1.66 bits per heavy atom. The van der Waals surface area contributed by atoms with Crippen molar-refractivity contribution in [1.82, 2.24) is 10.2 Å². The average molecular weight is 477 g/mol. The third-order valence-corrected chi connectivity index (χ3v) is 5.97. The van der Waals surface area contributed by atoms with Crippen LogP contribution in [0.15, 0.2) is 59.1 Å². The number of nitrogens with one attached hydrogen (secondary N) is 1. The SMILES string of the molecule is CC(C)CNC(=O)C(C)N(Cc1ccc(Br)cc1)C(=O)CSCc1ccccc1. The molecular formula is C23H29BrN2O2S. The molecule has 4 nitrogen and oxygen atoms in total. The maximum absolute atomic E-state index is 13.0. The number of carbonyl (C=O) groups excluding carboxylic acids is 2. The van der Waals surface area contributed by atoms with Gasteiger partial charge in [0.05, 0.1) is 5.75 Å². The summed E-state index contributed by atoms with van der Waals surface area (Å²) in [6, 6.07) is 17.4. The van der Waals surface area contributed by atoms with Crippen LogP contribution in [0, 0.1) is 5.92 Å². The van der Waals surface area contributed by atoms with E-state index in [-0.39, 0.29) is 11.8 Å². The number of carbonyl (C=O) groups is 2. The van der Waals surface area contributed by atoms with Crippen molar-refractivity contribution in [1.29, 1.82) is 0 Å². The predicted octanol–water partition coefficient (Wildman–Crippen LogP) is 4.87. The molecule has 0 aliphatic heterocycles. The Bertz CT molecular complexity index is 781. The molecule has 2 aromatic carbocycles. The zero-order valence-electron chi connectivity index (χ0n) is 17.2. The van der Waals surface area contributed by atoms with Crippen LogP contribution in [0.5, 0.6) is 0 Å². The van der Waals surface area contributed by atoms with Crippen LogP contribution in [0.4, 0.5) is 0 Å². The lowest BCUT2D eigenvalue weighted by molar-refractivity contribution is -0.138. The van der Waals surface area contributed by atoms with Gasteiger partial charge in [-0.1, -0.05) is 72.2 Å². The molecule has 0 radical (unpaired) electrons. The Balaban J connectivity index is 2.04. The van der Waals surface area contributed by atoms with Crippen molar-refractivity contribution < 1.29 is 9.59 Å². The number of rotatable bonds is 10. The molecule has 6 heteroatoms. The fourth-order valence-electron chi connectivity index (χ4n) is 2.73. The van der Waals surface area contributed by atoms with Gasteiger partial charge in [0, 0.05) is 23.3 Å². The first-order valence-corrected chi connectivity index (χ1v) is 11.7. The van der Waals surface area contributed by atoms with Crippen LogP contribution < -0.4 is 5.32 Å². The second-order valence-electron chi connectivity index (χ2n) is 7.44. The van der Waals surface area contributed by atoms with E-state index in [9.17, 15) is 9.59 Å². The number of halogens is 1. The van der Waals surface area contributed by atoms with Gasteiger partial charge in [0.1, 0.15) is 6.04 Å². The Morgan fingerprint density at radius 1 is 1.00 bits per heavy atom. The summed E-state index contributed by atoms with van der Waals surface area (Å²) in [4.78, 5) is 27.3. The van der Waals surface area contributed by atoms with Crippen LogP contribution in [0.25, 0.3) is 0 Å². The van der Waals surface area contributed by atoms with Crippen molar-refractivity contribution in [2.75, 3.05) is 12.3 Å². The lowest BCUT2D eigenvalue weighted by atomic mass is 10.1. The summed E-state index contributed by atoms with van der Waals surface area (Å²) in [5.74, 6) is 1.33. The summed E-state index contributed by atoms with van der Waals surface area (Å²) in [6.07, 6.45) is 0. The maximum atomic E-state index is 13.0. The molecule has 0 aliphatic rings. The molecule has 2 amide bonds. The first-order valence-electron chi connectivity index (χ1n) is 9.80. The van der Waals surface area contributed by atoms with Gasteiger partial charge in [0.2, 0.25) is 11.8 Å². The van der Waals surface area contributed by atoms with Gasteiger partial charge in [-0.25, -0.2) is 0 Å². The van der Waals surface area contributed by atoms with Gasteiger partial charge >= 0.3 is 0 Å². The largest absolute Gasteiger partial charge is 0.354 e. The van der Waals surface area contributed by atoms with Gasteiger partial charge < -0.3 is 10.2 Å². The fraction of sp³-hybridized carbons (Fsp3) is 0.391.